The first kappa shape index (κ1) is 18.2. The third-order valence-electron chi connectivity index (χ3n) is 4.73. The summed E-state index contributed by atoms with van der Waals surface area (Å²) in [5, 5.41) is 0.729. The third kappa shape index (κ3) is 3.54. The third-order valence-corrected chi connectivity index (χ3v) is 5.16. The minimum Gasteiger partial charge on any atom is -0.372 e. The standard InChI is InChI=1S/C20H19Cl2F2N/c1-2-20(23,24)19(16-10-17(21)12-18(22)11-16)8-9-25(14-19)13-15-6-4-3-5-7-15/h3-12H,2,13-14H2,1H3. The summed E-state index contributed by atoms with van der Waals surface area (Å²) in [5.74, 6) is -2.91. The van der Waals surface area contributed by atoms with E-state index < -0.39 is 11.3 Å². The summed E-state index contributed by atoms with van der Waals surface area (Å²) in [6, 6.07) is 14.5. The molecule has 1 unspecified atom stereocenters. The molecule has 25 heavy (non-hydrogen) atoms. The molecular weight excluding hydrogens is 363 g/mol. The quantitative estimate of drug-likeness (QED) is 0.586. The molecule has 2 aromatic rings. The van der Waals surface area contributed by atoms with Gasteiger partial charge in [-0.3, -0.25) is 0 Å². The Balaban J connectivity index is 1.97. The molecule has 0 radical (unpaired) electrons. The van der Waals surface area contributed by atoms with Crippen LogP contribution >= 0.6 is 23.2 Å². The van der Waals surface area contributed by atoms with Crippen LogP contribution in [0.4, 0.5) is 8.78 Å². The highest BCUT2D eigenvalue weighted by Crippen LogP contribution is 2.48. The molecule has 0 aliphatic carbocycles. The van der Waals surface area contributed by atoms with E-state index in [1.165, 1.54) is 6.92 Å². The second-order valence-corrected chi connectivity index (χ2v) is 7.27. The largest absolute Gasteiger partial charge is 0.372 e. The van der Waals surface area contributed by atoms with E-state index in [2.05, 4.69) is 0 Å². The molecule has 0 spiro atoms. The summed E-state index contributed by atoms with van der Waals surface area (Å²) in [7, 11) is 0. The highest BCUT2D eigenvalue weighted by atomic mass is 35.5. The van der Waals surface area contributed by atoms with Gasteiger partial charge in [-0.2, -0.15) is 0 Å². The van der Waals surface area contributed by atoms with Gasteiger partial charge in [0, 0.05) is 29.6 Å². The Bertz CT molecular complexity index is 756. The normalized spacial score (nSPS) is 20.3. The molecule has 0 amide bonds. The molecular formula is C20H19Cl2F2N. The van der Waals surface area contributed by atoms with E-state index >= 15 is 8.78 Å². The first-order valence-electron chi connectivity index (χ1n) is 8.18. The highest BCUT2D eigenvalue weighted by molar-refractivity contribution is 6.34. The monoisotopic (exact) mass is 381 g/mol. The zero-order valence-electron chi connectivity index (χ0n) is 13.9. The Morgan fingerprint density at radius 1 is 1.08 bits per heavy atom. The van der Waals surface area contributed by atoms with Gasteiger partial charge in [-0.15, -0.1) is 0 Å². The second-order valence-electron chi connectivity index (χ2n) is 6.39. The Labute approximate surface area is 156 Å². The summed E-state index contributed by atoms with van der Waals surface area (Å²) < 4.78 is 30.0. The lowest BCUT2D eigenvalue weighted by atomic mass is 9.74. The lowest BCUT2D eigenvalue weighted by Crippen LogP contribution is -2.47. The topological polar surface area (TPSA) is 3.24 Å². The van der Waals surface area contributed by atoms with E-state index in [1.54, 1.807) is 30.5 Å². The molecule has 1 heterocycles. The van der Waals surface area contributed by atoms with Gasteiger partial charge in [0.1, 0.15) is 0 Å². The molecule has 1 aliphatic heterocycles. The Kier molecular flexibility index (Phi) is 5.08. The van der Waals surface area contributed by atoms with Gasteiger partial charge >= 0.3 is 0 Å². The Morgan fingerprint density at radius 2 is 1.72 bits per heavy atom. The van der Waals surface area contributed by atoms with Crippen molar-refractivity contribution in [3.63, 3.8) is 0 Å². The maximum Gasteiger partial charge on any atom is 0.262 e. The van der Waals surface area contributed by atoms with Gasteiger partial charge in [0.2, 0.25) is 0 Å². The number of hydrogen-bond acceptors (Lipinski definition) is 1. The molecule has 0 aromatic heterocycles. The molecule has 0 saturated carbocycles. The number of benzene rings is 2. The Morgan fingerprint density at radius 3 is 2.32 bits per heavy atom. The van der Waals surface area contributed by atoms with E-state index in [4.69, 9.17) is 23.2 Å². The second kappa shape index (κ2) is 6.97. The molecule has 0 saturated heterocycles. The smallest absolute Gasteiger partial charge is 0.262 e. The predicted octanol–water partition coefficient (Wildman–Crippen LogP) is 6.31. The van der Waals surface area contributed by atoms with Gasteiger partial charge in [0.15, 0.2) is 0 Å². The first-order chi connectivity index (χ1) is 11.9. The van der Waals surface area contributed by atoms with Crippen LogP contribution in [-0.4, -0.2) is 17.4 Å². The molecule has 1 aliphatic rings. The molecule has 0 fully saturated rings. The number of nitrogens with zero attached hydrogens (tertiary/aromatic N) is 1. The van der Waals surface area contributed by atoms with Gasteiger partial charge in [0.25, 0.3) is 5.92 Å². The van der Waals surface area contributed by atoms with Crippen LogP contribution in [0, 0.1) is 0 Å². The van der Waals surface area contributed by atoms with Gasteiger partial charge in [-0.1, -0.05) is 66.5 Å². The minimum atomic E-state index is -2.91. The van der Waals surface area contributed by atoms with E-state index in [0.717, 1.165) is 5.56 Å². The van der Waals surface area contributed by atoms with Gasteiger partial charge in [-0.05, 0) is 35.5 Å². The van der Waals surface area contributed by atoms with E-state index in [-0.39, 0.29) is 13.0 Å². The van der Waals surface area contributed by atoms with E-state index in [1.807, 2.05) is 35.2 Å². The lowest BCUT2D eigenvalue weighted by molar-refractivity contribution is -0.0651. The molecule has 132 valence electrons. The van der Waals surface area contributed by atoms with Gasteiger partial charge in [-0.25, -0.2) is 8.78 Å². The average Bonchev–Trinajstić information content (AvgIpc) is 3.01. The van der Waals surface area contributed by atoms with Crippen molar-refractivity contribution < 1.29 is 8.78 Å². The fraction of sp³-hybridized carbons (Fsp3) is 0.300. The summed E-state index contributed by atoms with van der Waals surface area (Å²) in [4.78, 5) is 1.91. The number of rotatable bonds is 5. The van der Waals surface area contributed by atoms with Crippen LogP contribution in [0.15, 0.2) is 60.8 Å². The SMILES string of the molecule is CCC(F)(F)C1(c2cc(Cl)cc(Cl)c2)C=CN(Cc2ccccc2)C1. The maximum atomic E-state index is 15.0. The molecule has 1 nitrogen and oxygen atoms in total. The van der Waals surface area contributed by atoms with Crippen LogP contribution in [0.5, 0.6) is 0 Å². The van der Waals surface area contributed by atoms with Crippen molar-refractivity contribution in [2.45, 2.75) is 31.2 Å². The van der Waals surface area contributed by atoms with Crippen LogP contribution in [0.1, 0.15) is 24.5 Å². The van der Waals surface area contributed by atoms with Crippen LogP contribution in [-0.2, 0) is 12.0 Å². The summed E-state index contributed by atoms with van der Waals surface area (Å²) in [5.41, 5.74) is 0.0842. The van der Waals surface area contributed by atoms with Crippen molar-refractivity contribution in [2.75, 3.05) is 6.54 Å². The van der Waals surface area contributed by atoms with E-state index in [0.29, 0.717) is 22.2 Å². The molecule has 5 heteroatoms. The van der Waals surface area contributed by atoms with Crippen molar-refractivity contribution in [3.8, 4) is 0 Å². The molecule has 0 bridgehead atoms. The average molecular weight is 382 g/mol. The fourth-order valence-corrected chi connectivity index (χ4v) is 3.87. The Hall–Kier alpha value is -1.58. The van der Waals surface area contributed by atoms with Crippen LogP contribution in [0.2, 0.25) is 10.0 Å². The highest BCUT2D eigenvalue weighted by Gasteiger charge is 2.54. The summed E-state index contributed by atoms with van der Waals surface area (Å²) >= 11 is 12.2. The van der Waals surface area contributed by atoms with Crippen molar-refractivity contribution in [1.29, 1.82) is 0 Å². The molecule has 1 atom stereocenters. The fourth-order valence-electron chi connectivity index (χ4n) is 3.35. The molecule has 0 N–H and O–H groups in total. The van der Waals surface area contributed by atoms with Crippen molar-refractivity contribution in [1.82, 2.24) is 4.90 Å². The van der Waals surface area contributed by atoms with Crippen molar-refractivity contribution in [3.05, 3.63) is 82.0 Å². The number of alkyl halides is 2. The van der Waals surface area contributed by atoms with Crippen LogP contribution < -0.4 is 0 Å². The van der Waals surface area contributed by atoms with E-state index in [9.17, 15) is 0 Å². The first-order valence-corrected chi connectivity index (χ1v) is 8.94. The predicted molar refractivity (Wildman–Crippen MR) is 99.4 cm³/mol. The van der Waals surface area contributed by atoms with Crippen molar-refractivity contribution >= 4 is 23.2 Å². The number of halogens is 4. The summed E-state index contributed by atoms with van der Waals surface area (Å²) in [6.45, 7) is 2.26. The van der Waals surface area contributed by atoms with Gasteiger partial charge < -0.3 is 4.90 Å². The van der Waals surface area contributed by atoms with Crippen molar-refractivity contribution in [2.24, 2.45) is 0 Å². The maximum absolute atomic E-state index is 15.0. The zero-order chi connectivity index (χ0) is 18.1. The van der Waals surface area contributed by atoms with Crippen LogP contribution in [0.25, 0.3) is 0 Å². The molecule has 2 aromatic carbocycles. The van der Waals surface area contributed by atoms with Gasteiger partial charge in [0.05, 0.1) is 5.41 Å². The lowest BCUT2D eigenvalue weighted by Gasteiger charge is -2.37. The number of hydrogen-bond donors (Lipinski definition) is 0. The summed E-state index contributed by atoms with van der Waals surface area (Å²) in [6.07, 6.45) is 3.09. The minimum absolute atomic E-state index is 0.180. The van der Waals surface area contributed by atoms with Crippen LogP contribution in [0.3, 0.4) is 0 Å². The molecule has 3 rings (SSSR count). The zero-order valence-corrected chi connectivity index (χ0v) is 15.4.